The molecule has 20 heavy (non-hydrogen) atoms. The van der Waals surface area contributed by atoms with Gasteiger partial charge in [0.25, 0.3) is 0 Å². The number of piperidine rings is 1. The highest BCUT2D eigenvalue weighted by molar-refractivity contribution is 5.85. The van der Waals surface area contributed by atoms with E-state index in [4.69, 9.17) is 4.52 Å². The number of likely N-dealkylation sites (tertiary alicyclic amines) is 1. The Hall–Kier alpha value is -0.650. The van der Waals surface area contributed by atoms with Crippen LogP contribution in [-0.4, -0.2) is 47.8 Å². The molecule has 0 saturated carbocycles. The number of hydrogen-bond acceptors (Lipinski definition) is 5. The number of halogens is 1. The van der Waals surface area contributed by atoms with Crippen molar-refractivity contribution < 1.29 is 4.52 Å². The van der Waals surface area contributed by atoms with E-state index in [0.29, 0.717) is 11.3 Å². The monoisotopic (exact) mass is 300 g/mol. The Morgan fingerprint density at radius 1 is 1.40 bits per heavy atom. The lowest BCUT2D eigenvalue weighted by atomic mass is 9.87. The first-order valence-electron chi connectivity index (χ1n) is 7.38. The van der Waals surface area contributed by atoms with Crippen molar-refractivity contribution in [2.45, 2.75) is 39.0 Å². The maximum absolute atomic E-state index is 5.30. The summed E-state index contributed by atoms with van der Waals surface area (Å²) >= 11 is 0. The summed E-state index contributed by atoms with van der Waals surface area (Å²) in [6, 6.07) is 0. The molecule has 1 atom stereocenters. The number of nitrogens with zero attached hydrogens (tertiary/aromatic N) is 3. The van der Waals surface area contributed by atoms with Crippen molar-refractivity contribution in [3.05, 3.63) is 11.7 Å². The Morgan fingerprint density at radius 2 is 2.15 bits per heavy atom. The lowest BCUT2D eigenvalue weighted by Gasteiger charge is -2.36. The van der Waals surface area contributed by atoms with Crippen LogP contribution in [0.1, 0.15) is 43.8 Å². The second kappa shape index (κ2) is 6.41. The van der Waals surface area contributed by atoms with Gasteiger partial charge >= 0.3 is 0 Å². The fraction of sp³-hybridized carbons (Fsp3) is 0.857. The normalized spacial score (nSPS) is 28.5. The molecule has 114 valence electrons. The minimum absolute atomic E-state index is 0. The first-order valence-corrected chi connectivity index (χ1v) is 7.38. The van der Waals surface area contributed by atoms with Gasteiger partial charge in [-0.1, -0.05) is 12.1 Å². The van der Waals surface area contributed by atoms with E-state index in [2.05, 4.69) is 27.3 Å². The Morgan fingerprint density at radius 3 is 2.70 bits per heavy atom. The van der Waals surface area contributed by atoms with Crippen LogP contribution in [0.2, 0.25) is 0 Å². The molecule has 2 fully saturated rings. The Kier molecular flexibility index (Phi) is 5.04. The summed E-state index contributed by atoms with van der Waals surface area (Å²) in [5, 5.41) is 7.38. The summed E-state index contributed by atoms with van der Waals surface area (Å²) in [4.78, 5) is 6.97. The molecule has 6 heteroatoms. The molecule has 1 unspecified atom stereocenters. The minimum Gasteiger partial charge on any atom is -0.339 e. The molecular weight excluding hydrogens is 276 g/mol. The summed E-state index contributed by atoms with van der Waals surface area (Å²) in [5.74, 6) is 2.06. The molecule has 0 aromatic carbocycles. The van der Waals surface area contributed by atoms with Gasteiger partial charge in [0.05, 0.1) is 0 Å². The van der Waals surface area contributed by atoms with Crippen LogP contribution < -0.4 is 5.32 Å². The van der Waals surface area contributed by atoms with E-state index in [0.717, 1.165) is 44.2 Å². The topological polar surface area (TPSA) is 54.2 Å². The van der Waals surface area contributed by atoms with Gasteiger partial charge < -0.3 is 14.7 Å². The zero-order valence-corrected chi connectivity index (χ0v) is 13.2. The van der Waals surface area contributed by atoms with Gasteiger partial charge in [0.1, 0.15) is 0 Å². The van der Waals surface area contributed by atoms with E-state index in [-0.39, 0.29) is 12.4 Å². The fourth-order valence-corrected chi connectivity index (χ4v) is 3.36. The summed E-state index contributed by atoms with van der Waals surface area (Å²) in [6.07, 6.45) is 3.59. The first kappa shape index (κ1) is 15.7. The van der Waals surface area contributed by atoms with Gasteiger partial charge in [0.2, 0.25) is 5.89 Å². The molecule has 0 bridgehead atoms. The van der Waals surface area contributed by atoms with Crippen molar-refractivity contribution >= 4 is 12.4 Å². The first-order chi connectivity index (χ1) is 9.15. The number of rotatable bonds is 3. The van der Waals surface area contributed by atoms with Gasteiger partial charge in [-0.2, -0.15) is 4.98 Å². The fourth-order valence-electron chi connectivity index (χ4n) is 3.36. The SMILES string of the molecule is Cc1noc(C2CCN(CC3(C)CCNC3)CC2)n1.Cl. The highest BCUT2D eigenvalue weighted by Crippen LogP contribution is 2.31. The molecule has 1 aromatic heterocycles. The molecule has 1 N–H and O–H groups in total. The molecule has 1 aromatic rings. The smallest absolute Gasteiger partial charge is 0.229 e. The number of hydrogen-bond donors (Lipinski definition) is 1. The van der Waals surface area contributed by atoms with Crippen LogP contribution in [0, 0.1) is 12.3 Å². The standard InChI is InChI=1S/C14H24N4O.ClH/c1-11-16-13(19-17-11)12-3-7-18(8-4-12)10-14(2)5-6-15-9-14;/h12,15H,3-10H2,1-2H3;1H. The van der Waals surface area contributed by atoms with Gasteiger partial charge in [-0.05, 0) is 51.2 Å². The van der Waals surface area contributed by atoms with Gasteiger partial charge in [0.15, 0.2) is 5.82 Å². The lowest BCUT2D eigenvalue weighted by Crippen LogP contribution is -2.41. The summed E-state index contributed by atoms with van der Waals surface area (Å²) in [7, 11) is 0. The molecule has 0 aliphatic carbocycles. The zero-order chi connectivity index (χ0) is 13.3. The Labute approximate surface area is 126 Å². The molecule has 3 rings (SSSR count). The second-order valence-electron chi connectivity index (χ2n) is 6.47. The van der Waals surface area contributed by atoms with E-state index in [1.807, 2.05) is 6.92 Å². The Bertz CT molecular complexity index is 423. The molecule has 0 spiro atoms. The molecule has 0 radical (unpaired) electrons. The number of aromatic nitrogens is 2. The van der Waals surface area contributed by atoms with Crippen LogP contribution in [0.4, 0.5) is 0 Å². The van der Waals surface area contributed by atoms with Crippen molar-refractivity contribution in [3.8, 4) is 0 Å². The van der Waals surface area contributed by atoms with Gasteiger partial charge in [0, 0.05) is 19.0 Å². The van der Waals surface area contributed by atoms with Crippen LogP contribution in [-0.2, 0) is 0 Å². The van der Waals surface area contributed by atoms with Crippen molar-refractivity contribution in [1.82, 2.24) is 20.4 Å². The van der Waals surface area contributed by atoms with Crippen molar-refractivity contribution in [3.63, 3.8) is 0 Å². The highest BCUT2D eigenvalue weighted by Gasteiger charge is 2.33. The van der Waals surface area contributed by atoms with Crippen LogP contribution >= 0.6 is 12.4 Å². The lowest BCUT2D eigenvalue weighted by molar-refractivity contribution is 0.136. The third-order valence-electron chi connectivity index (χ3n) is 4.54. The average Bonchev–Trinajstić information content (AvgIpc) is 3.00. The highest BCUT2D eigenvalue weighted by atomic mass is 35.5. The molecule has 2 saturated heterocycles. The maximum Gasteiger partial charge on any atom is 0.229 e. The molecule has 2 aliphatic heterocycles. The molecule has 3 heterocycles. The van der Waals surface area contributed by atoms with E-state index >= 15 is 0 Å². The predicted molar refractivity (Wildman–Crippen MR) is 80.3 cm³/mol. The summed E-state index contributed by atoms with van der Waals surface area (Å²) in [6.45, 7) is 10.2. The van der Waals surface area contributed by atoms with E-state index in [1.54, 1.807) is 0 Å². The number of nitrogens with one attached hydrogen (secondary N) is 1. The van der Waals surface area contributed by atoms with Gasteiger partial charge in [-0.3, -0.25) is 0 Å². The Balaban J connectivity index is 0.00000147. The quantitative estimate of drug-likeness (QED) is 0.925. The molecular formula is C14H25ClN4O. The summed E-state index contributed by atoms with van der Waals surface area (Å²) < 4.78 is 5.30. The van der Waals surface area contributed by atoms with Crippen LogP contribution in [0.15, 0.2) is 4.52 Å². The van der Waals surface area contributed by atoms with Crippen LogP contribution in [0.25, 0.3) is 0 Å². The molecule has 2 aliphatic rings. The number of aryl methyl sites for hydroxylation is 1. The van der Waals surface area contributed by atoms with Crippen molar-refractivity contribution in [2.75, 3.05) is 32.7 Å². The van der Waals surface area contributed by atoms with Gasteiger partial charge in [-0.25, -0.2) is 0 Å². The molecule has 5 nitrogen and oxygen atoms in total. The average molecular weight is 301 g/mol. The summed E-state index contributed by atoms with van der Waals surface area (Å²) in [5.41, 5.74) is 0.466. The third kappa shape index (κ3) is 3.51. The zero-order valence-electron chi connectivity index (χ0n) is 12.4. The maximum atomic E-state index is 5.30. The largest absolute Gasteiger partial charge is 0.339 e. The third-order valence-corrected chi connectivity index (χ3v) is 4.54. The minimum atomic E-state index is 0. The second-order valence-corrected chi connectivity index (χ2v) is 6.47. The van der Waals surface area contributed by atoms with Crippen LogP contribution in [0.3, 0.4) is 0 Å². The van der Waals surface area contributed by atoms with E-state index in [1.165, 1.54) is 19.5 Å². The van der Waals surface area contributed by atoms with Crippen molar-refractivity contribution in [2.24, 2.45) is 5.41 Å². The van der Waals surface area contributed by atoms with Gasteiger partial charge in [-0.15, -0.1) is 12.4 Å². The van der Waals surface area contributed by atoms with E-state index in [9.17, 15) is 0 Å². The van der Waals surface area contributed by atoms with Crippen LogP contribution in [0.5, 0.6) is 0 Å². The predicted octanol–water partition coefficient (Wildman–Crippen LogP) is 1.98. The van der Waals surface area contributed by atoms with Crippen molar-refractivity contribution in [1.29, 1.82) is 0 Å². The molecule has 0 amide bonds. The van der Waals surface area contributed by atoms with E-state index < -0.39 is 0 Å².